The first-order valence-corrected chi connectivity index (χ1v) is 28.9. The van der Waals surface area contributed by atoms with Gasteiger partial charge in [0.05, 0.1) is 0 Å². The molecule has 2 aliphatic rings. The molecule has 2 atom stereocenters. The monoisotopic (exact) mass is 893 g/mol. The molecular formula is C60H97N2OP. The van der Waals surface area contributed by atoms with Gasteiger partial charge in [-0.15, -0.1) is 13.2 Å². The average molecular weight is 893 g/mol. The van der Waals surface area contributed by atoms with Crippen LogP contribution in [0.4, 0.5) is 0 Å². The summed E-state index contributed by atoms with van der Waals surface area (Å²) in [5, 5.41) is 11.0. The summed E-state index contributed by atoms with van der Waals surface area (Å²) in [7, 11) is 0. The SMILES string of the molecule is C=C(CCCCCCCP(=C)(C)CCCNCC1=CC2=CC=C(CCCCCCCCC)CCC2C=C1)c1cccc(-c2ccc(CC)cc2)c1.CC.CC.CCCCC.N#CC=O. The quantitative estimate of drug-likeness (QED) is 0.0421. The zero-order chi connectivity index (χ0) is 47.7. The third-order valence-electron chi connectivity index (χ3n) is 12.0. The Balaban J connectivity index is 0.00000271. The Kier molecular flexibility index (Phi) is 38.8. The van der Waals surface area contributed by atoms with Crippen molar-refractivity contribution in [3.05, 3.63) is 113 Å². The van der Waals surface area contributed by atoms with E-state index in [2.05, 4.69) is 125 Å². The van der Waals surface area contributed by atoms with Gasteiger partial charge in [0, 0.05) is 12.5 Å². The van der Waals surface area contributed by atoms with Crippen LogP contribution in [0.25, 0.3) is 16.7 Å². The maximum Gasteiger partial charge on any atom is 0.219 e. The first kappa shape index (κ1) is 60.6. The maximum absolute atomic E-state index is 8.81. The molecule has 0 aliphatic heterocycles. The number of hydrogen-bond acceptors (Lipinski definition) is 3. The second-order valence-electron chi connectivity index (χ2n) is 17.5. The number of fused-ring (bicyclic) bond motifs is 1. The van der Waals surface area contributed by atoms with E-state index < -0.39 is 6.89 Å². The number of rotatable bonds is 27. The fourth-order valence-electron chi connectivity index (χ4n) is 8.06. The highest BCUT2D eigenvalue weighted by Gasteiger charge is 2.17. The molecule has 3 nitrogen and oxygen atoms in total. The van der Waals surface area contributed by atoms with Crippen molar-refractivity contribution in [1.29, 1.82) is 5.26 Å². The summed E-state index contributed by atoms with van der Waals surface area (Å²) in [5.41, 5.74) is 11.1. The number of hydrogen-bond donors (Lipinski definition) is 1. The van der Waals surface area contributed by atoms with E-state index in [1.54, 1.807) is 5.57 Å². The normalized spacial score (nSPS) is 14.5. The van der Waals surface area contributed by atoms with Gasteiger partial charge in [-0.05, 0) is 128 Å². The van der Waals surface area contributed by atoms with Crippen LogP contribution in [0.15, 0.2) is 102 Å². The standard InChI is InChI=1S/C49H72NP.C5H12.C2HNO.2C2H6/c1-6-8-9-10-11-14-17-22-43-27-32-46-33-29-44(38-49(46)34-28-43)40-50-35-20-37-51(4,5)36-18-15-12-13-16-21-41(3)47-23-19-24-48(39-47)45-30-25-42(7-2)26-31-45;1-3-5-4-2;3-1-2-4;2*1-2/h19,23-26,28-31,33-34,38-39,46,50H,3-4,6-18,20-22,27,32,35-37,40H2,1-2,5H3;3-5H2,1-2H3;2H;2*1-2H3. The first-order chi connectivity index (χ1) is 31.2. The molecule has 358 valence electrons. The number of aldehydes is 1. The van der Waals surface area contributed by atoms with Crippen molar-refractivity contribution in [3.63, 3.8) is 0 Å². The van der Waals surface area contributed by atoms with E-state index in [4.69, 9.17) is 16.4 Å². The Morgan fingerprint density at radius 2 is 1.39 bits per heavy atom. The third kappa shape index (κ3) is 29.2. The van der Waals surface area contributed by atoms with Gasteiger partial charge < -0.3 is 5.32 Å². The highest BCUT2D eigenvalue weighted by atomic mass is 31.2. The molecular weight excluding hydrogens is 796 g/mol. The van der Waals surface area contributed by atoms with Crippen molar-refractivity contribution in [1.82, 2.24) is 5.32 Å². The lowest BCUT2D eigenvalue weighted by atomic mass is 9.88. The number of aryl methyl sites for hydroxylation is 1. The second-order valence-corrected chi connectivity index (χ2v) is 21.7. The van der Waals surface area contributed by atoms with Crippen LogP contribution in [0.5, 0.6) is 0 Å². The van der Waals surface area contributed by atoms with Gasteiger partial charge in [0.2, 0.25) is 6.29 Å². The van der Waals surface area contributed by atoms with Crippen LogP contribution in [0.2, 0.25) is 0 Å². The van der Waals surface area contributed by atoms with Gasteiger partial charge in [-0.1, -0.05) is 217 Å². The maximum atomic E-state index is 8.81. The fraction of sp³-hybridized carbons (Fsp3) is 0.583. The molecule has 1 N–H and O–H groups in total. The van der Waals surface area contributed by atoms with E-state index in [0.717, 1.165) is 25.9 Å². The number of nitrogens with zero attached hydrogens (tertiary/aromatic N) is 1. The van der Waals surface area contributed by atoms with Gasteiger partial charge in [-0.2, -0.15) is 5.26 Å². The lowest BCUT2D eigenvalue weighted by molar-refractivity contribution is -0.103. The Morgan fingerprint density at radius 3 is 2.02 bits per heavy atom. The molecule has 0 heterocycles. The van der Waals surface area contributed by atoms with Crippen molar-refractivity contribution < 1.29 is 4.79 Å². The van der Waals surface area contributed by atoms with Crippen LogP contribution < -0.4 is 5.32 Å². The summed E-state index contributed by atoms with van der Waals surface area (Å²) in [6.07, 6.45) is 47.4. The molecule has 0 saturated heterocycles. The third-order valence-corrected chi connectivity index (χ3v) is 14.8. The largest absolute Gasteiger partial charge is 0.313 e. The summed E-state index contributed by atoms with van der Waals surface area (Å²) in [6, 6.07) is 19.2. The Morgan fingerprint density at radius 1 is 0.781 bits per heavy atom. The molecule has 4 rings (SSSR count). The van der Waals surface area contributed by atoms with E-state index in [0.29, 0.717) is 5.92 Å². The van der Waals surface area contributed by atoms with E-state index in [9.17, 15) is 0 Å². The summed E-state index contributed by atoms with van der Waals surface area (Å²) in [5.74, 6) is 0.602. The molecule has 2 unspecified atom stereocenters. The number of benzene rings is 2. The number of nitrogens with one attached hydrogen (secondary N) is 1. The van der Waals surface area contributed by atoms with E-state index in [1.165, 1.54) is 179 Å². The minimum Gasteiger partial charge on any atom is -0.313 e. The molecule has 0 aromatic heterocycles. The molecule has 2 aliphatic carbocycles. The Bertz CT molecular complexity index is 1700. The summed E-state index contributed by atoms with van der Waals surface area (Å²) in [4.78, 5) is 8.81. The van der Waals surface area contributed by atoms with E-state index in [1.807, 2.05) is 27.7 Å². The Hall–Kier alpha value is -3.44. The predicted octanol–water partition coefficient (Wildman–Crippen LogP) is 18.2. The van der Waals surface area contributed by atoms with Crippen molar-refractivity contribution in [2.75, 3.05) is 32.1 Å². The van der Waals surface area contributed by atoms with Gasteiger partial charge in [0.25, 0.3) is 0 Å². The van der Waals surface area contributed by atoms with Gasteiger partial charge in [0.15, 0.2) is 0 Å². The van der Waals surface area contributed by atoms with Gasteiger partial charge in [-0.25, -0.2) is 0 Å². The van der Waals surface area contributed by atoms with Gasteiger partial charge in [0.1, 0.15) is 6.07 Å². The summed E-state index contributed by atoms with van der Waals surface area (Å²) < 4.78 is 0. The van der Waals surface area contributed by atoms with E-state index >= 15 is 0 Å². The predicted molar refractivity (Wildman–Crippen MR) is 293 cm³/mol. The van der Waals surface area contributed by atoms with Crippen molar-refractivity contribution in [2.45, 2.75) is 190 Å². The molecule has 0 bridgehead atoms. The van der Waals surface area contributed by atoms with E-state index in [-0.39, 0.29) is 6.29 Å². The summed E-state index contributed by atoms with van der Waals surface area (Å²) >= 11 is 0. The topological polar surface area (TPSA) is 52.9 Å². The molecule has 2 aromatic carbocycles. The molecule has 0 radical (unpaired) electrons. The minimum atomic E-state index is -1.06. The fourth-order valence-corrected chi connectivity index (χ4v) is 10.2. The van der Waals surface area contributed by atoms with Crippen LogP contribution in [-0.2, 0) is 11.2 Å². The second kappa shape index (κ2) is 41.0. The molecule has 4 heteroatoms. The minimum absolute atomic E-state index is 0.181. The van der Waals surface area contributed by atoms with Crippen molar-refractivity contribution in [2.24, 2.45) is 5.92 Å². The van der Waals surface area contributed by atoms with Crippen LogP contribution in [-0.4, -0.2) is 44.7 Å². The molecule has 0 amide bonds. The highest BCUT2D eigenvalue weighted by Crippen LogP contribution is 2.42. The lowest BCUT2D eigenvalue weighted by Crippen LogP contribution is -2.20. The number of nitriles is 1. The molecule has 0 spiro atoms. The highest BCUT2D eigenvalue weighted by molar-refractivity contribution is 7.73. The zero-order valence-corrected chi connectivity index (χ0v) is 43.9. The molecule has 64 heavy (non-hydrogen) atoms. The lowest BCUT2D eigenvalue weighted by Gasteiger charge is -2.20. The molecule has 0 fully saturated rings. The summed E-state index contributed by atoms with van der Waals surface area (Å²) in [6.45, 7) is 24.9. The smallest absolute Gasteiger partial charge is 0.219 e. The number of allylic oxidation sites excluding steroid dienone is 7. The van der Waals surface area contributed by atoms with Crippen LogP contribution in [0, 0.1) is 17.2 Å². The van der Waals surface area contributed by atoms with Crippen LogP contribution >= 0.6 is 6.89 Å². The Labute approximate surface area is 397 Å². The number of unbranched alkanes of at least 4 members (excludes halogenated alkanes) is 12. The van der Waals surface area contributed by atoms with Crippen LogP contribution in [0.3, 0.4) is 0 Å². The van der Waals surface area contributed by atoms with Gasteiger partial charge >= 0.3 is 0 Å². The average Bonchev–Trinajstić information content (AvgIpc) is 3.54. The zero-order valence-electron chi connectivity index (χ0n) is 43.1. The molecule has 0 saturated carbocycles. The number of carbonyl (C=O) groups excluding carboxylic acids is 1. The van der Waals surface area contributed by atoms with Crippen molar-refractivity contribution >= 4 is 25.0 Å². The first-order valence-electron chi connectivity index (χ1n) is 26.1. The van der Waals surface area contributed by atoms with Gasteiger partial charge in [-0.3, -0.25) is 4.79 Å². The number of carbonyl (C=O) groups is 1. The van der Waals surface area contributed by atoms with Crippen molar-refractivity contribution in [3.8, 4) is 17.2 Å². The van der Waals surface area contributed by atoms with Crippen LogP contribution in [0.1, 0.15) is 195 Å². The molecule has 2 aromatic rings.